The van der Waals surface area contributed by atoms with Gasteiger partial charge in [0.2, 0.25) is 5.91 Å². The van der Waals surface area contributed by atoms with Crippen molar-refractivity contribution >= 4 is 11.9 Å². The minimum Gasteiger partial charge on any atom is -0.481 e. The lowest BCUT2D eigenvalue weighted by Gasteiger charge is -2.32. The summed E-state index contributed by atoms with van der Waals surface area (Å²) in [6.07, 6.45) is 3.78. The molecule has 25 heavy (non-hydrogen) atoms. The molecule has 1 unspecified atom stereocenters. The van der Waals surface area contributed by atoms with Crippen molar-refractivity contribution < 1.29 is 14.7 Å². The van der Waals surface area contributed by atoms with E-state index in [0.29, 0.717) is 19.5 Å². The highest BCUT2D eigenvalue weighted by Gasteiger charge is 2.59. The van der Waals surface area contributed by atoms with Crippen LogP contribution in [0.3, 0.4) is 0 Å². The first-order valence-corrected chi connectivity index (χ1v) is 9.31. The van der Waals surface area contributed by atoms with Crippen LogP contribution in [0, 0.1) is 11.3 Å². The van der Waals surface area contributed by atoms with E-state index in [1.807, 2.05) is 4.90 Å². The van der Waals surface area contributed by atoms with Crippen LogP contribution in [-0.4, -0.2) is 35.0 Å². The number of hydrogen-bond acceptors (Lipinski definition) is 2. The van der Waals surface area contributed by atoms with Crippen molar-refractivity contribution in [3.05, 3.63) is 35.4 Å². The van der Waals surface area contributed by atoms with Gasteiger partial charge in [0.05, 0.1) is 5.92 Å². The van der Waals surface area contributed by atoms with Gasteiger partial charge in [0.15, 0.2) is 0 Å². The summed E-state index contributed by atoms with van der Waals surface area (Å²) in [4.78, 5) is 25.5. The van der Waals surface area contributed by atoms with Gasteiger partial charge in [-0.25, -0.2) is 0 Å². The molecule has 0 bridgehead atoms. The number of aryl methyl sites for hydroxylation is 1. The highest BCUT2D eigenvalue weighted by atomic mass is 16.4. The Morgan fingerprint density at radius 2 is 1.76 bits per heavy atom. The third-order valence-corrected chi connectivity index (χ3v) is 6.05. The van der Waals surface area contributed by atoms with E-state index >= 15 is 0 Å². The largest absolute Gasteiger partial charge is 0.481 e. The molecule has 1 aliphatic carbocycles. The first-order chi connectivity index (χ1) is 11.7. The average Bonchev–Trinajstić information content (AvgIpc) is 3.27. The van der Waals surface area contributed by atoms with E-state index < -0.39 is 5.97 Å². The number of amides is 1. The van der Waals surface area contributed by atoms with Crippen molar-refractivity contribution in [3.63, 3.8) is 0 Å². The second-order valence-corrected chi connectivity index (χ2v) is 8.79. The number of hydrogen-bond donors (Lipinski definition) is 1. The molecular weight excluding hydrogens is 314 g/mol. The first-order valence-electron chi connectivity index (χ1n) is 9.31. The second-order valence-electron chi connectivity index (χ2n) is 8.79. The van der Waals surface area contributed by atoms with Gasteiger partial charge in [0.1, 0.15) is 0 Å². The van der Waals surface area contributed by atoms with Crippen molar-refractivity contribution in [2.75, 3.05) is 13.1 Å². The molecule has 4 heteroatoms. The lowest BCUT2D eigenvalue weighted by molar-refractivity contribution is -0.139. The van der Waals surface area contributed by atoms with Gasteiger partial charge in [0, 0.05) is 19.5 Å². The van der Waals surface area contributed by atoms with E-state index in [2.05, 4.69) is 45.0 Å². The monoisotopic (exact) mass is 343 g/mol. The highest BCUT2D eigenvalue weighted by molar-refractivity contribution is 5.77. The van der Waals surface area contributed by atoms with Crippen molar-refractivity contribution in [3.8, 4) is 0 Å². The summed E-state index contributed by atoms with van der Waals surface area (Å²) in [7, 11) is 0. The lowest BCUT2D eigenvalue weighted by Crippen LogP contribution is -2.40. The molecule has 0 radical (unpaired) electrons. The van der Waals surface area contributed by atoms with Gasteiger partial charge in [-0.3, -0.25) is 9.59 Å². The number of nitrogens with zero attached hydrogens (tertiary/aromatic N) is 1. The van der Waals surface area contributed by atoms with Crippen molar-refractivity contribution in [1.82, 2.24) is 4.90 Å². The molecule has 0 aromatic heterocycles. The van der Waals surface area contributed by atoms with Crippen LogP contribution in [0.1, 0.15) is 57.6 Å². The number of benzene rings is 1. The van der Waals surface area contributed by atoms with Crippen LogP contribution in [0.25, 0.3) is 0 Å². The van der Waals surface area contributed by atoms with Gasteiger partial charge >= 0.3 is 5.97 Å². The molecule has 1 heterocycles. The minimum absolute atomic E-state index is 0.00853. The molecule has 1 amide bonds. The number of piperidine rings is 1. The molecule has 2 fully saturated rings. The maximum atomic E-state index is 12.5. The van der Waals surface area contributed by atoms with Crippen molar-refractivity contribution in [1.29, 1.82) is 0 Å². The van der Waals surface area contributed by atoms with Crippen LogP contribution in [0.15, 0.2) is 24.3 Å². The van der Waals surface area contributed by atoms with E-state index in [9.17, 15) is 9.59 Å². The standard InChI is InChI=1S/C21H29NO3/c1-20(2,3)16-7-4-15(5-8-16)6-9-18(23)22-12-10-21(11-13-22)14-17(21)19(24)25/h4-5,7-8,17H,6,9-14H2,1-3H3,(H,24,25). The zero-order valence-electron chi connectivity index (χ0n) is 15.5. The Hall–Kier alpha value is -1.84. The third kappa shape index (κ3) is 3.88. The second kappa shape index (κ2) is 6.47. The number of aliphatic carboxylic acids is 1. The fraction of sp³-hybridized carbons (Fsp3) is 0.619. The Bertz CT molecular complexity index is 649. The molecule has 1 N–H and O–H groups in total. The molecule has 2 aliphatic rings. The van der Waals surface area contributed by atoms with Gasteiger partial charge in [-0.05, 0) is 47.6 Å². The van der Waals surface area contributed by atoms with Gasteiger partial charge in [-0.15, -0.1) is 0 Å². The van der Waals surface area contributed by atoms with Gasteiger partial charge in [0.25, 0.3) is 0 Å². The molecule has 136 valence electrons. The molecule has 1 saturated heterocycles. The Morgan fingerprint density at radius 3 is 2.24 bits per heavy atom. The molecule has 1 aromatic carbocycles. The summed E-state index contributed by atoms with van der Waals surface area (Å²) in [6, 6.07) is 8.56. The van der Waals surface area contributed by atoms with Crippen LogP contribution in [0.5, 0.6) is 0 Å². The minimum atomic E-state index is -0.668. The van der Waals surface area contributed by atoms with E-state index in [1.165, 1.54) is 11.1 Å². The van der Waals surface area contributed by atoms with E-state index in [0.717, 1.165) is 25.7 Å². The van der Waals surface area contributed by atoms with E-state index in [1.54, 1.807) is 0 Å². The summed E-state index contributed by atoms with van der Waals surface area (Å²) >= 11 is 0. The van der Waals surface area contributed by atoms with Crippen LogP contribution in [-0.2, 0) is 21.4 Å². The summed E-state index contributed by atoms with van der Waals surface area (Å²) < 4.78 is 0. The van der Waals surface area contributed by atoms with Crippen molar-refractivity contribution in [2.24, 2.45) is 11.3 Å². The smallest absolute Gasteiger partial charge is 0.307 e. The van der Waals surface area contributed by atoms with Crippen LogP contribution in [0.4, 0.5) is 0 Å². The van der Waals surface area contributed by atoms with Crippen LogP contribution < -0.4 is 0 Å². The molecule has 3 rings (SSSR count). The SMILES string of the molecule is CC(C)(C)c1ccc(CCC(=O)N2CCC3(CC2)CC3C(=O)O)cc1. The quantitative estimate of drug-likeness (QED) is 0.908. The zero-order valence-corrected chi connectivity index (χ0v) is 15.5. The predicted molar refractivity (Wildman–Crippen MR) is 97.5 cm³/mol. The van der Waals surface area contributed by atoms with Crippen molar-refractivity contribution in [2.45, 2.75) is 58.3 Å². The van der Waals surface area contributed by atoms with Gasteiger partial charge in [-0.2, -0.15) is 0 Å². The molecule has 1 aromatic rings. The Labute approximate surface area is 150 Å². The van der Waals surface area contributed by atoms with Crippen LogP contribution in [0.2, 0.25) is 0 Å². The Balaban J connectivity index is 1.47. The Morgan fingerprint density at radius 1 is 1.16 bits per heavy atom. The number of carboxylic acid groups (broad SMARTS) is 1. The summed E-state index contributed by atoms with van der Waals surface area (Å²) in [6.45, 7) is 8.02. The molecular formula is C21H29NO3. The number of carboxylic acids is 1. The maximum absolute atomic E-state index is 12.5. The fourth-order valence-electron chi connectivity index (χ4n) is 4.03. The normalized spacial score (nSPS) is 22.0. The summed E-state index contributed by atoms with van der Waals surface area (Å²) in [5.74, 6) is -0.646. The number of likely N-dealkylation sites (tertiary alicyclic amines) is 1. The van der Waals surface area contributed by atoms with Gasteiger partial charge in [-0.1, -0.05) is 45.0 Å². The third-order valence-electron chi connectivity index (χ3n) is 6.05. The van der Waals surface area contributed by atoms with Crippen LogP contribution >= 0.6 is 0 Å². The molecule has 1 spiro atoms. The summed E-state index contributed by atoms with van der Waals surface area (Å²) in [5, 5.41) is 9.15. The van der Waals surface area contributed by atoms with E-state index in [-0.39, 0.29) is 22.7 Å². The lowest BCUT2D eigenvalue weighted by atomic mass is 9.86. The molecule has 1 atom stereocenters. The first kappa shape index (κ1) is 18.0. The Kier molecular flexibility index (Phi) is 4.65. The number of carbonyl (C=O) groups excluding carboxylic acids is 1. The predicted octanol–water partition coefficient (Wildman–Crippen LogP) is 3.63. The summed E-state index contributed by atoms with van der Waals surface area (Å²) in [5.41, 5.74) is 2.64. The number of rotatable bonds is 4. The zero-order chi connectivity index (χ0) is 18.2. The van der Waals surface area contributed by atoms with Gasteiger partial charge < -0.3 is 10.0 Å². The topological polar surface area (TPSA) is 57.6 Å². The highest BCUT2D eigenvalue weighted by Crippen LogP contribution is 2.59. The average molecular weight is 343 g/mol. The maximum Gasteiger partial charge on any atom is 0.307 e. The number of carbonyl (C=O) groups is 2. The molecule has 4 nitrogen and oxygen atoms in total. The molecule has 1 saturated carbocycles. The van der Waals surface area contributed by atoms with E-state index in [4.69, 9.17) is 5.11 Å². The molecule has 1 aliphatic heterocycles. The fourth-order valence-corrected chi connectivity index (χ4v) is 4.03.